The van der Waals surface area contributed by atoms with Gasteiger partial charge in [-0.15, -0.1) is 0 Å². The Balaban J connectivity index is 1.86. The zero-order valence-electron chi connectivity index (χ0n) is 10.4. The lowest BCUT2D eigenvalue weighted by Crippen LogP contribution is -2.07. The Morgan fingerprint density at radius 1 is 1.11 bits per heavy atom. The Morgan fingerprint density at radius 3 is 2.63 bits per heavy atom. The van der Waals surface area contributed by atoms with Gasteiger partial charge in [0.25, 0.3) is 6.01 Å². The maximum Gasteiger partial charge on any atom is 0.296 e. The highest BCUT2D eigenvalue weighted by Gasteiger charge is 2.12. The molecule has 0 saturated heterocycles. The lowest BCUT2D eigenvalue weighted by atomic mass is 10.1. The summed E-state index contributed by atoms with van der Waals surface area (Å²) in [6.07, 6.45) is 0. The molecule has 1 N–H and O–H groups in total. The van der Waals surface area contributed by atoms with Crippen LogP contribution < -0.4 is 5.32 Å². The van der Waals surface area contributed by atoms with Gasteiger partial charge in [-0.05, 0) is 30.7 Å². The summed E-state index contributed by atoms with van der Waals surface area (Å²) in [6, 6.07) is 16.0. The van der Waals surface area contributed by atoms with E-state index < -0.39 is 0 Å². The van der Waals surface area contributed by atoms with Gasteiger partial charge in [0.15, 0.2) is 5.58 Å². The average molecular weight is 273 g/mol. The van der Waals surface area contributed by atoms with E-state index in [0.29, 0.717) is 6.01 Å². The molecular weight excluding hydrogens is 260 g/mol. The third kappa shape index (κ3) is 2.42. The summed E-state index contributed by atoms with van der Waals surface area (Å²) >= 11 is 6.17. The third-order valence-corrected chi connectivity index (χ3v) is 3.35. The number of benzene rings is 2. The van der Waals surface area contributed by atoms with Crippen LogP contribution in [0.2, 0.25) is 5.02 Å². The second kappa shape index (κ2) is 4.94. The minimum atomic E-state index is 0.0294. The number of hydrogen-bond donors (Lipinski definition) is 1. The van der Waals surface area contributed by atoms with Gasteiger partial charge in [0.05, 0.1) is 6.04 Å². The van der Waals surface area contributed by atoms with Gasteiger partial charge < -0.3 is 9.73 Å². The van der Waals surface area contributed by atoms with E-state index in [1.54, 1.807) is 0 Å². The quantitative estimate of drug-likeness (QED) is 0.754. The summed E-state index contributed by atoms with van der Waals surface area (Å²) in [5, 5.41) is 3.96. The van der Waals surface area contributed by atoms with Crippen LogP contribution in [0.15, 0.2) is 52.9 Å². The molecule has 0 radical (unpaired) electrons. The van der Waals surface area contributed by atoms with Crippen LogP contribution in [0.4, 0.5) is 6.01 Å². The number of anilines is 1. The Bertz CT molecular complexity index is 675. The fourth-order valence-corrected chi connectivity index (χ4v) is 2.32. The Hall–Kier alpha value is -2.00. The molecule has 3 aromatic rings. The lowest BCUT2D eigenvalue weighted by Gasteiger charge is -2.13. The molecular formula is C15H13ClN2O. The highest BCUT2D eigenvalue weighted by molar-refractivity contribution is 6.31. The van der Waals surface area contributed by atoms with Crippen LogP contribution in [0.25, 0.3) is 11.1 Å². The first kappa shape index (κ1) is 12.1. The van der Waals surface area contributed by atoms with Crippen LogP contribution in [0.5, 0.6) is 0 Å². The number of nitrogens with zero attached hydrogens (tertiary/aromatic N) is 1. The van der Waals surface area contributed by atoms with Crippen molar-refractivity contribution in [2.75, 3.05) is 5.32 Å². The van der Waals surface area contributed by atoms with E-state index in [2.05, 4.69) is 10.3 Å². The van der Waals surface area contributed by atoms with Crippen molar-refractivity contribution < 1.29 is 4.42 Å². The molecule has 1 heterocycles. The van der Waals surface area contributed by atoms with Crippen molar-refractivity contribution in [1.29, 1.82) is 0 Å². The van der Waals surface area contributed by atoms with E-state index in [1.165, 1.54) is 0 Å². The minimum Gasteiger partial charge on any atom is -0.424 e. The van der Waals surface area contributed by atoms with Crippen LogP contribution in [0.3, 0.4) is 0 Å². The molecule has 3 rings (SSSR count). The molecule has 4 heteroatoms. The van der Waals surface area contributed by atoms with Crippen molar-refractivity contribution in [2.45, 2.75) is 13.0 Å². The van der Waals surface area contributed by atoms with E-state index in [4.69, 9.17) is 16.0 Å². The summed E-state index contributed by atoms with van der Waals surface area (Å²) in [6.45, 7) is 2.02. The molecule has 0 aliphatic rings. The van der Waals surface area contributed by atoms with Crippen LogP contribution in [0.1, 0.15) is 18.5 Å². The SMILES string of the molecule is CC(Nc1nc2ccccc2o1)c1ccccc1Cl. The molecule has 0 amide bonds. The molecule has 3 nitrogen and oxygen atoms in total. The predicted octanol–water partition coefficient (Wildman–Crippen LogP) is 4.65. The molecule has 0 spiro atoms. The topological polar surface area (TPSA) is 38.1 Å². The molecule has 0 aliphatic carbocycles. The predicted molar refractivity (Wildman–Crippen MR) is 77.5 cm³/mol. The van der Waals surface area contributed by atoms with E-state index >= 15 is 0 Å². The molecule has 0 aliphatic heterocycles. The zero-order chi connectivity index (χ0) is 13.2. The maximum absolute atomic E-state index is 6.17. The number of nitrogens with one attached hydrogen (secondary N) is 1. The third-order valence-electron chi connectivity index (χ3n) is 3.01. The highest BCUT2D eigenvalue weighted by atomic mass is 35.5. The summed E-state index contributed by atoms with van der Waals surface area (Å²) in [5.41, 5.74) is 2.64. The Labute approximate surface area is 116 Å². The van der Waals surface area contributed by atoms with Crippen LogP contribution in [-0.4, -0.2) is 4.98 Å². The van der Waals surface area contributed by atoms with Crippen LogP contribution in [-0.2, 0) is 0 Å². The number of hydrogen-bond acceptors (Lipinski definition) is 3. The van der Waals surface area contributed by atoms with Gasteiger partial charge in [-0.1, -0.05) is 41.9 Å². The average Bonchev–Trinajstić information content (AvgIpc) is 2.81. The molecule has 0 saturated carbocycles. The van der Waals surface area contributed by atoms with Crippen molar-refractivity contribution in [2.24, 2.45) is 0 Å². The summed E-state index contributed by atoms with van der Waals surface area (Å²) in [5.74, 6) is 0. The van der Waals surface area contributed by atoms with Crippen molar-refractivity contribution in [3.8, 4) is 0 Å². The second-order valence-corrected chi connectivity index (χ2v) is 4.78. The second-order valence-electron chi connectivity index (χ2n) is 4.37. The summed E-state index contributed by atoms with van der Waals surface area (Å²) in [7, 11) is 0. The van der Waals surface area contributed by atoms with Crippen molar-refractivity contribution in [1.82, 2.24) is 4.98 Å². The van der Waals surface area contributed by atoms with Crippen molar-refractivity contribution >= 4 is 28.7 Å². The molecule has 0 bridgehead atoms. The largest absolute Gasteiger partial charge is 0.424 e. The first-order valence-corrected chi connectivity index (χ1v) is 6.48. The summed E-state index contributed by atoms with van der Waals surface area (Å²) < 4.78 is 5.63. The van der Waals surface area contributed by atoms with Gasteiger partial charge in [0.2, 0.25) is 0 Å². The number of rotatable bonds is 3. The molecule has 19 heavy (non-hydrogen) atoms. The number of halogens is 1. The van der Waals surface area contributed by atoms with Crippen molar-refractivity contribution in [3.63, 3.8) is 0 Å². The summed E-state index contributed by atoms with van der Waals surface area (Å²) in [4.78, 5) is 4.39. The molecule has 2 aromatic carbocycles. The molecule has 1 atom stereocenters. The van der Waals surface area contributed by atoms with Crippen LogP contribution >= 0.6 is 11.6 Å². The highest BCUT2D eigenvalue weighted by Crippen LogP contribution is 2.26. The molecule has 0 fully saturated rings. The smallest absolute Gasteiger partial charge is 0.296 e. The van der Waals surface area contributed by atoms with Gasteiger partial charge >= 0.3 is 0 Å². The number of oxazole rings is 1. The molecule has 96 valence electrons. The van der Waals surface area contributed by atoms with Gasteiger partial charge in [-0.2, -0.15) is 4.98 Å². The number of fused-ring (bicyclic) bond motifs is 1. The maximum atomic E-state index is 6.17. The number of para-hydroxylation sites is 2. The first-order chi connectivity index (χ1) is 9.24. The standard InChI is InChI=1S/C15H13ClN2O/c1-10(11-6-2-3-7-12(11)16)17-15-18-13-8-4-5-9-14(13)19-15/h2-10H,1H3,(H,17,18). The Kier molecular flexibility index (Phi) is 3.13. The van der Waals surface area contributed by atoms with E-state index in [1.807, 2.05) is 55.5 Å². The van der Waals surface area contributed by atoms with E-state index in [9.17, 15) is 0 Å². The molecule has 1 unspecified atom stereocenters. The monoisotopic (exact) mass is 272 g/mol. The van der Waals surface area contributed by atoms with Crippen molar-refractivity contribution in [3.05, 3.63) is 59.1 Å². The van der Waals surface area contributed by atoms with Crippen LogP contribution in [0, 0.1) is 0 Å². The zero-order valence-corrected chi connectivity index (χ0v) is 11.2. The lowest BCUT2D eigenvalue weighted by molar-refractivity contribution is 0.604. The first-order valence-electron chi connectivity index (χ1n) is 6.10. The number of aromatic nitrogens is 1. The van der Waals surface area contributed by atoms with Gasteiger partial charge in [-0.25, -0.2) is 0 Å². The van der Waals surface area contributed by atoms with Gasteiger partial charge in [-0.3, -0.25) is 0 Å². The minimum absolute atomic E-state index is 0.0294. The van der Waals surface area contributed by atoms with E-state index in [-0.39, 0.29) is 6.04 Å². The fourth-order valence-electron chi connectivity index (χ4n) is 2.02. The van der Waals surface area contributed by atoms with Gasteiger partial charge in [0, 0.05) is 5.02 Å². The fraction of sp³-hybridized carbons (Fsp3) is 0.133. The van der Waals surface area contributed by atoms with Gasteiger partial charge in [0.1, 0.15) is 5.52 Å². The molecule has 1 aromatic heterocycles. The Morgan fingerprint density at radius 2 is 1.84 bits per heavy atom. The van der Waals surface area contributed by atoms with E-state index in [0.717, 1.165) is 21.7 Å². The normalized spacial score (nSPS) is 12.5.